The van der Waals surface area contributed by atoms with E-state index in [-0.39, 0.29) is 0 Å². The van der Waals surface area contributed by atoms with E-state index in [2.05, 4.69) is 52.6 Å². The van der Waals surface area contributed by atoms with Gasteiger partial charge in [-0.2, -0.15) is 0 Å². The highest BCUT2D eigenvalue weighted by molar-refractivity contribution is 6.84. The molecule has 0 amide bonds. The van der Waals surface area contributed by atoms with Crippen molar-refractivity contribution in [3.8, 4) is 0 Å². The molecule has 0 rings (SSSR count). The van der Waals surface area contributed by atoms with E-state index in [0.717, 1.165) is 0 Å². The van der Waals surface area contributed by atoms with Crippen molar-refractivity contribution in [2.24, 2.45) is 0 Å². The van der Waals surface area contributed by atoms with Gasteiger partial charge in [-0.3, -0.25) is 0 Å². The van der Waals surface area contributed by atoms with Crippen molar-refractivity contribution in [1.82, 2.24) is 0 Å². The van der Waals surface area contributed by atoms with E-state index in [1.807, 2.05) is 0 Å². The molecule has 0 unspecified atom stereocenters. The Morgan fingerprint density at radius 3 is 2.13 bits per heavy atom. The first-order chi connectivity index (χ1) is 6.87. The van der Waals surface area contributed by atoms with Crippen molar-refractivity contribution >= 4 is 8.07 Å². The third-order valence-electron chi connectivity index (χ3n) is 4.14. The van der Waals surface area contributed by atoms with Crippen LogP contribution in [0, 0.1) is 0 Å². The summed E-state index contributed by atoms with van der Waals surface area (Å²) < 4.78 is 0. The minimum Gasteiger partial charge on any atom is -0.0981 e. The lowest BCUT2D eigenvalue weighted by Crippen LogP contribution is -2.36. The quantitative estimate of drug-likeness (QED) is 0.394. The third kappa shape index (κ3) is 5.01. The van der Waals surface area contributed by atoms with Gasteiger partial charge in [0.05, 0.1) is 8.07 Å². The van der Waals surface area contributed by atoms with Crippen LogP contribution in [0.5, 0.6) is 0 Å². The fourth-order valence-corrected chi connectivity index (χ4v) is 3.69. The molecule has 90 valence electrons. The van der Waals surface area contributed by atoms with Gasteiger partial charge in [0.2, 0.25) is 0 Å². The number of allylic oxidation sites excluding steroid dienone is 1. The van der Waals surface area contributed by atoms with Crippen molar-refractivity contribution in [3.63, 3.8) is 0 Å². The number of hydrogen-bond donors (Lipinski definition) is 0. The van der Waals surface area contributed by atoms with Crippen LogP contribution >= 0.6 is 0 Å². The Bertz CT molecular complexity index is 190. The Labute approximate surface area is 98.2 Å². The van der Waals surface area contributed by atoms with Crippen LogP contribution in [0.2, 0.25) is 18.1 Å². The lowest BCUT2D eigenvalue weighted by atomic mass is 10.1. The van der Waals surface area contributed by atoms with Crippen LogP contribution in [0.4, 0.5) is 0 Å². The van der Waals surface area contributed by atoms with E-state index in [1.54, 1.807) is 0 Å². The second-order valence-electron chi connectivity index (χ2n) is 5.86. The zero-order valence-corrected chi connectivity index (χ0v) is 12.7. The molecule has 0 fully saturated rings. The molecular weight excluding hydrogens is 196 g/mol. The SMILES string of the molecule is CCCCCC=C[Si](C)(C)C(C)(C)CC. The Morgan fingerprint density at radius 2 is 1.67 bits per heavy atom. The molecule has 0 spiro atoms. The molecule has 0 saturated heterocycles. The lowest BCUT2D eigenvalue weighted by molar-refractivity contribution is 0.624. The average Bonchev–Trinajstić information content (AvgIpc) is 2.17. The Balaban J connectivity index is 4.13. The average molecular weight is 226 g/mol. The van der Waals surface area contributed by atoms with Crippen LogP contribution in [0.15, 0.2) is 11.8 Å². The Kier molecular flexibility index (Phi) is 6.50. The molecule has 0 aromatic rings. The van der Waals surface area contributed by atoms with Crippen molar-refractivity contribution < 1.29 is 0 Å². The largest absolute Gasteiger partial charge is 0.0981 e. The summed E-state index contributed by atoms with van der Waals surface area (Å²) in [6, 6.07) is 0. The maximum atomic E-state index is 2.56. The number of unbranched alkanes of at least 4 members (excludes halogenated alkanes) is 3. The molecule has 0 saturated carbocycles. The molecule has 0 aliphatic rings. The standard InChI is InChI=1S/C14H30Si/c1-7-9-10-11-12-13-15(5,6)14(3,4)8-2/h12-13H,7-11H2,1-6H3. The van der Waals surface area contributed by atoms with Gasteiger partial charge in [0.1, 0.15) is 0 Å². The molecule has 0 N–H and O–H groups in total. The summed E-state index contributed by atoms with van der Waals surface area (Å²) in [5.74, 6) is 0. The van der Waals surface area contributed by atoms with Crippen molar-refractivity contribution in [2.75, 3.05) is 0 Å². The highest BCUT2D eigenvalue weighted by Gasteiger charge is 2.34. The first kappa shape index (κ1) is 15.0. The van der Waals surface area contributed by atoms with Gasteiger partial charge in [0.15, 0.2) is 0 Å². The first-order valence-corrected chi connectivity index (χ1v) is 9.63. The summed E-state index contributed by atoms with van der Waals surface area (Å²) in [4.78, 5) is 0. The summed E-state index contributed by atoms with van der Waals surface area (Å²) in [5.41, 5.74) is 2.56. The van der Waals surface area contributed by atoms with E-state index in [4.69, 9.17) is 0 Å². The van der Waals surface area contributed by atoms with E-state index in [9.17, 15) is 0 Å². The van der Waals surface area contributed by atoms with Gasteiger partial charge < -0.3 is 0 Å². The maximum absolute atomic E-state index is 2.56. The number of rotatable bonds is 7. The summed E-state index contributed by atoms with van der Waals surface area (Å²) in [7, 11) is -1.17. The predicted octanol–water partition coefficient (Wildman–Crippen LogP) is 5.56. The maximum Gasteiger partial charge on any atom is 0.0768 e. The first-order valence-electron chi connectivity index (χ1n) is 6.55. The third-order valence-corrected chi connectivity index (χ3v) is 9.05. The molecule has 15 heavy (non-hydrogen) atoms. The van der Waals surface area contributed by atoms with Crippen molar-refractivity contribution in [2.45, 2.75) is 77.9 Å². The van der Waals surface area contributed by atoms with Crippen molar-refractivity contribution in [1.29, 1.82) is 0 Å². The molecule has 0 aromatic heterocycles. The minimum atomic E-state index is -1.17. The van der Waals surface area contributed by atoms with Gasteiger partial charge in [0.25, 0.3) is 0 Å². The molecule has 0 radical (unpaired) electrons. The van der Waals surface area contributed by atoms with Crippen LogP contribution in [0.1, 0.15) is 59.8 Å². The summed E-state index contributed by atoms with van der Waals surface area (Å²) in [6.45, 7) is 14.4. The van der Waals surface area contributed by atoms with Crippen LogP contribution in [0.3, 0.4) is 0 Å². The number of hydrogen-bond acceptors (Lipinski definition) is 0. The molecule has 0 bridgehead atoms. The molecule has 0 aliphatic heterocycles. The summed E-state index contributed by atoms with van der Waals surface area (Å²) >= 11 is 0. The zero-order valence-electron chi connectivity index (χ0n) is 11.7. The molecule has 0 atom stereocenters. The monoisotopic (exact) mass is 226 g/mol. The van der Waals surface area contributed by atoms with E-state index in [1.165, 1.54) is 32.1 Å². The topological polar surface area (TPSA) is 0 Å². The Morgan fingerprint density at radius 1 is 1.07 bits per heavy atom. The Hall–Kier alpha value is -0.0431. The van der Waals surface area contributed by atoms with Gasteiger partial charge in [-0.25, -0.2) is 0 Å². The van der Waals surface area contributed by atoms with Crippen LogP contribution < -0.4 is 0 Å². The second-order valence-corrected chi connectivity index (χ2v) is 11.0. The molecule has 0 aliphatic carbocycles. The van der Waals surface area contributed by atoms with Gasteiger partial charge in [0, 0.05) is 0 Å². The highest BCUT2D eigenvalue weighted by Crippen LogP contribution is 2.40. The van der Waals surface area contributed by atoms with E-state index < -0.39 is 8.07 Å². The van der Waals surface area contributed by atoms with E-state index >= 15 is 0 Å². The molecular formula is C14H30Si. The van der Waals surface area contributed by atoms with Crippen LogP contribution in [-0.2, 0) is 0 Å². The second kappa shape index (κ2) is 6.52. The zero-order chi connectivity index (χ0) is 11.9. The van der Waals surface area contributed by atoms with E-state index in [0.29, 0.717) is 5.04 Å². The van der Waals surface area contributed by atoms with Gasteiger partial charge in [-0.1, -0.05) is 71.8 Å². The summed E-state index contributed by atoms with van der Waals surface area (Å²) in [5, 5.41) is 0.536. The van der Waals surface area contributed by atoms with Crippen LogP contribution in [-0.4, -0.2) is 8.07 Å². The van der Waals surface area contributed by atoms with Crippen LogP contribution in [0.25, 0.3) is 0 Å². The molecule has 0 aromatic carbocycles. The predicted molar refractivity (Wildman–Crippen MR) is 75.1 cm³/mol. The molecule has 0 nitrogen and oxygen atoms in total. The van der Waals surface area contributed by atoms with Gasteiger partial charge in [-0.15, -0.1) is 0 Å². The van der Waals surface area contributed by atoms with Gasteiger partial charge in [-0.05, 0) is 17.9 Å². The minimum absolute atomic E-state index is 0.536. The fourth-order valence-electron chi connectivity index (χ4n) is 1.57. The molecule has 0 heterocycles. The fraction of sp³-hybridized carbons (Fsp3) is 0.857. The van der Waals surface area contributed by atoms with Gasteiger partial charge >= 0.3 is 0 Å². The lowest BCUT2D eigenvalue weighted by Gasteiger charge is -2.37. The summed E-state index contributed by atoms with van der Waals surface area (Å²) in [6.07, 6.45) is 9.09. The smallest absolute Gasteiger partial charge is 0.0768 e. The normalized spacial score (nSPS) is 13.7. The molecule has 1 heteroatoms. The highest BCUT2D eigenvalue weighted by atomic mass is 28.3. The van der Waals surface area contributed by atoms with Crippen molar-refractivity contribution in [3.05, 3.63) is 11.8 Å².